The smallest absolute Gasteiger partial charge is 0.309 e. The zero-order valence-corrected chi connectivity index (χ0v) is 6.82. The van der Waals surface area contributed by atoms with Crippen molar-refractivity contribution in [1.82, 2.24) is 15.9 Å². The maximum Gasteiger partial charge on any atom is 0.309 e. The fourth-order valence-corrected chi connectivity index (χ4v) is 0.841. The van der Waals surface area contributed by atoms with E-state index in [1.54, 1.807) is 17.6 Å². The van der Waals surface area contributed by atoms with Crippen molar-refractivity contribution >= 4 is 12.6 Å². The molecule has 0 fully saturated rings. The van der Waals surface area contributed by atoms with Crippen LogP contribution in [-0.4, -0.2) is 30.2 Å². The molecule has 0 aliphatic carbocycles. The highest BCUT2D eigenvalue weighted by Gasteiger charge is 2.08. The van der Waals surface area contributed by atoms with Crippen LogP contribution in [0.15, 0.2) is 17.4 Å². The summed E-state index contributed by atoms with van der Waals surface area (Å²) in [6.45, 7) is 2.50. The normalized spacial score (nSPS) is 16.9. The molecule has 0 bridgehead atoms. The van der Waals surface area contributed by atoms with Crippen LogP contribution in [0.25, 0.3) is 0 Å². The quantitative estimate of drug-likeness (QED) is 0.547. The molecule has 1 amide bonds. The molecule has 0 saturated carbocycles. The van der Waals surface area contributed by atoms with E-state index in [1.165, 1.54) is 0 Å². The van der Waals surface area contributed by atoms with Crippen LogP contribution in [0.2, 0.25) is 0 Å². The summed E-state index contributed by atoms with van der Waals surface area (Å²) in [5.41, 5.74) is 2.77. The second kappa shape index (κ2) is 4.38. The van der Waals surface area contributed by atoms with Gasteiger partial charge in [0.1, 0.15) is 0 Å². The third kappa shape index (κ3) is 2.26. The monoisotopic (exact) mass is 167 g/mol. The molecule has 0 saturated heterocycles. The summed E-state index contributed by atoms with van der Waals surface area (Å²) >= 11 is 0. The summed E-state index contributed by atoms with van der Waals surface area (Å²) in [6, 6.07) is 0.153. The van der Waals surface area contributed by atoms with E-state index in [0.29, 0.717) is 6.54 Å². The van der Waals surface area contributed by atoms with Gasteiger partial charge in [0.25, 0.3) is 0 Å². The number of carbonyl (C=O) groups excluding carboxylic acids is 1. The summed E-state index contributed by atoms with van der Waals surface area (Å²) in [4.78, 5) is 9.87. The van der Waals surface area contributed by atoms with Crippen LogP contribution >= 0.6 is 0 Å². The Hall–Kier alpha value is -1.52. The van der Waals surface area contributed by atoms with Crippen LogP contribution in [0.4, 0.5) is 0 Å². The largest absolute Gasteiger partial charge is 0.346 e. The minimum absolute atomic E-state index is 0.153. The van der Waals surface area contributed by atoms with Crippen molar-refractivity contribution in [2.24, 2.45) is 5.10 Å². The van der Waals surface area contributed by atoms with Crippen molar-refractivity contribution < 1.29 is 4.79 Å². The molecular weight excluding hydrogens is 156 g/mol. The molecular formula is C7H11N4O. The lowest BCUT2D eigenvalue weighted by Gasteiger charge is -2.27. The zero-order valence-electron chi connectivity index (χ0n) is 6.82. The van der Waals surface area contributed by atoms with Crippen LogP contribution in [-0.2, 0) is 4.79 Å². The number of nitrogens with one attached hydrogen (secondary N) is 2. The van der Waals surface area contributed by atoms with Gasteiger partial charge in [-0.05, 0) is 13.0 Å². The first-order valence-electron chi connectivity index (χ1n) is 3.68. The summed E-state index contributed by atoms with van der Waals surface area (Å²) < 4.78 is 0. The molecule has 0 spiro atoms. The van der Waals surface area contributed by atoms with Crippen LogP contribution in [0.5, 0.6) is 0 Å². The Kier molecular flexibility index (Phi) is 3.13. The first-order valence-corrected chi connectivity index (χ1v) is 3.68. The number of nitrogens with zero attached hydrogens (tertiary/aromatic N) is 2. The Labute approximate surface area is 71.1 Å². The first-order chi connectivity index (χ1) is 5.84. The number of rotatable bonds is 4. The Morgan fingerprint density at radius 2 is 2.67 bits per heavy atom. The van der Waals surface area contributed by atoms with Crippen molar-refractivity contribution in [3.05, 3.63) is 12.3 Å². The van der Waals surface area contributed by atoms with Gasteiger partial charge in [0, 0.05) is 12.7 Å². The zero-order chi connectivity index (χ0) is 8.81. The van der Waals surface area contributed by atoms with Gasteiger partial charge < -0.3 is 5.32 Å². The van der Waals surface area contributed by atoms with E-state index in [-0.39, 0.29) is 6.04 Å². The SMILES string of the molecule is CC(CN[C]=O)N1C=CC=NN1. The average molecular weight is 167 g/mol. The number of hydrogen-bond donors (Lipinski definition) is 2. The molecule has 5 heteroatoms. The maximum atomic E-state index is 9.87. The molecule has 1 atom stereocenters. The lowest BCUT2D eigenvalue weighted by molar-refractivity contribution is 0.209. The highest BCUT2D eigenvalue weighted by molar-refractivity contribution is 5.71. The van der Waals surface area contributed by atoms with Gasteiger partial charge >= 0.3 is 6.41 Å². The van der Waals surface area contributed by atoms with Crippen molar-refractivity contribution in [1.29, 1.82) is 0 Å². The molecule has 1 rings (SSSR count). The van der Waals surface area contributed by atoms with Gasteiger partial charge in [-0.15, -0.1) is 0 Å². The molecule has 2 N–H and O–H groups in total. The Morgan fingerprint density at radius 3 is 3.25 bits per heavy atom. The average Bonchev–Trinajstić information content (AvgIpc) is 2.15. The van der Waals surface area contributed by atoms with Gasteiger partial charge in [0.2, 0.25) is 0 Å². The Bertz CT molecular complexity index is 202. The molecule has 12 heavy (non-hydrogen) atoms. The summed E-state index contributed by atoms with van der Waals surface area (Å²) in [5, 5.41) is 8.09. The molecule has 65 valence electrons. The van der Waals surface area contributed by atoms with E-state index in [4.69, 9.17) is 0 Å². The number of hydrogen-bond acceptors (Lipinski definition) is 4. The molecule has 0 aromatic rings. The predicted molar refractivity (Wildman–Crippen MR) is 45.8 cm³/mol. The molecule has 5 nitrogen and oxygen atoms in total. The van der Waals surface area contributed by atoms with E-state index < -0.39 is 0 Å². The Morgan fingerprint density at radius 1 is 1.83 bits per heavy atom. The molecule has 1 aliphatic heterocycles. The number of amides is 1. The van der Waals surface area contributed by atoms with Crippen LogP contribution in [0.3, 0.4) is 0 Å². The van der Waals surface area contributed by atoms with Gasteiger partial charge in [-0.25, -0.2) is 5.53 Å². The minimum Gasteiger partial charge on any atom is -0.346 e. The highest BCUT2D eigenvalue weighted by atomic mass is 16.1. The topological polar surface area (TPSA) is 56.7 Å². The third-order valence-corrected chi connectivity index (χ3v) is 1.52. The van der Waals surface area contributed by atoms with Crippen LogP contribution < -0.4 is 10.9 Å². The fourth-order valence-electron chi connectivity index (χ4n) is 0.841. The maximum absolute atomic E-state index is 9.87. The number of allylic oxidation sites excluding steroid dienone is 1. The standard InChI is InChI=1S/C7H11N4O/c1-7(5-8-6-12)11-4-2-3-9-10-11/h2-4,7,10H,5H2,1H3,(H,8,12). The van der Waals surface area contributed by atoms with Crippen molar-refractivity contribution in [2.45, 2.75) is 13.0 Å². The summed E-state index contributed by atoms with van der Waals surface area (Å²) in [5.74, 6) is 0. The second-order valence-corrected chi connectivity index (χ2v) is 2.46. The van der Waals surface area contributed by atoms with Gasteiger partial charge in [0.05, 0.1) is 12.3 Å². The van der Waals surface area contributed by atoms with Gasteiger partial charge in [-0.3, -0.25) is 9.80 Å². The van der Waals surface area contributed by atoms with E-state index in [1.807, 2.05) is 19.2 Å². The minimum atomic E-state index is 0.153. The fraction of sp³-hybridized carbons (Fsp3) is 0.429. The van der Waals surface area contributed by atoms with E-state index >= 15 is 0 Å². The van der Waals surface area contributed by atoms with Crippen molar-refractivity contribution in [2.75, 3.05) is 6.54 Å². The molecule has 1 radical (unpaired) electrons. The third-order valence-electron chi connectivity index (χ3n) is 1.52. The van der Waals surface area contributed by atoms with Crippen molar-refractivity contribution in [3.8, 4) is 0 Å². The van der Waals surface area contributed by atoms with Gasteiger partial charge in [-0.1, -0.05) is 0 Å². The second-order valence-electron chi connectivity index (χ2n) is 2.46. The van der Waals surface area contributed by atoms with Crippen molar-refractivity contribution in [3.63, 3.8) is 0 Å². The van der Waals surface area contributed by atoms with Crippen LogP contribution in [0.1, 0.15) is 6.92 Å². The van der Waals surface area contributed by atoms with Crippen LogP contribution in [0, 0.1) is 0 Å². The number of hydrazine groups is 1. The molecule has 0 aromatic carbocycles. The molecule has 1 heterocycles. The van der Waals surface area contributed by atoms with Gasteiger partial charge in [0.15, 0.2) is 0 Å². The highest BCUT2D eigenvalue weighted by Crippen LogP contribution is 1.96. The first kappa shape index (κ1) is 8.58. The lowest BCUT2D eigenvalue weighted by atomic mass is 10.3. The van der Waals surface area contributed by atoms with Gasteiger partial charge in [-0.2, -0.15) is 5.10 Å². The summed E-state index contributed by atoms with van der Waals surface area (Å²) in [7, 11) is 0. The summed E-state index contributed by atoms with van der Waals surface area (Å²) in [6.07, 6.45) is 6.94. The molecule has 0 aromatic heterocycles. The van der Waals surface area contributed by atoms with E-state index in [2.05, 4.69) is 16.0 Å². The molecule has 1 aliphatic rings. The van der Waals surface area contributed by atoms with E-state index in [9.17, 15) is 4.79 Å². The lowest BCUT2D eigenvalue weighted by Crippen LogP contribution is -2.43. The predicted octanol–water partition coefficient (Wildman–Crippen LogP) is -0.649. The van der Waals surface area contributed by atoms with E-state index in [0.717, 1.165) is 0 Å². The Balaban J connectivity index is 2.31. The number of hydrazone groups is 1. The molecule has 1 unspecified atom stereocenters.